The van der Waals surface area contributed by atoms with Gasteiger partial charge < -0.3 is 9.64 Å². The molecule has 0 bridgehead atoms. The predicted molar refractivity (Wildman–Crippen MR) is 122 cm³/mol. The Hall–Kier alpha value is -2.38. The van der Waals surface area contributed by atoms with Crippen LogP contribution in [0.5, 0.6) is 5.75 Å². The van der Waals surface area contributed by atoms with Crippen LogP contribution in [0.2, 0.25) is 0 Å². The molecule has 30 heavy (non-hydrogen) atoms. The zero-order valence-electron chi connectivity index (χ0n) is 17.2. The number of piperidine rings is 1. The van der Waals surface area contributed by atoms with E-state index in [0.29, 0.717) is 30.8 Å². The molecule has 0 amide bonds. The molecule has 0 atom stereocenters. The van der Waals surface area contributed by atoms with Crippen LogP contribution in [-0.4, -0.2) is 38.9 Å². The van der Waals surface area contributed by atoms with Crippen LogP contribution in [0, 0.1) is 6.92 Å². The molecule has 0 N–H and O–H groups in total. The molecule has 3 aromatic rings. The van der Waals surface area contributed by atoms with Gasteiger partial charge in [-0.25, -0.2) is 13.4 Å². The Morgan fingerprint density at radius 1 is 1.10 bits per heavy atom. The van der Waals surface area contributed by atoms with Crippen molar-refractivity contribution >= 4 is 26.3 Å². The van der Waals surface area contributed by atoms with E-state index in [2.05, 4.69) is 16.3 Å². The number of methoxy groups -OCH3 is 1. The summed E-state index contributed by atoms with van der Waals surface area (Å²) >= 11 is 1.62. The smallest absolute Gasteiger partial charge is 0.185 e. The molecule has 2 heterocycles. The SMILES string of the molecule is COc1ccccc1Cc1csc(N2CCC(S(=O)(=O)c3ccc(C)cc3)CC2)n1. The first kappa shape index (κ1) is 20.9. The molecular weight excluding hydrogens is 416 g/mol. The average Bonchev–Trinajstić information content (AvgIpc) is 3.23. The number of thiazole rings is 1. The monoisotopic (exact) mass is 442 g/mol. The van der Waals surface area contributed by atoms with Crippen molar-refractivity contribution in [3.8, 4) is 5.75 Å². The number of ether oxygens (including phenoxy) is 1. The van der Waals surface area contributed by atoms with E-state index in [1.807, 2.05) is 37.3 Å². The highest BCUT2D eigenvalue weighted by atomic mass is 32.2. The Morgan fingerprint density at radius 3 is 2.50 bits per heavy atom. The lowest BCUT2D eigenvalue weighted by atomic mass is 10.1. The van der Waals surface area contributed by atoms with Gasteiger partial charge in [-0.15, -0.1) is 11.3 Å². The fraction of sp³-hybridized carbons (Fsp3) is 0.348. The minimum atomic E-state index is -3.29. The van der Waals surface area contributed by atoms with Gasteiger partial charge in [-0.1, -0.05) is 35.9 Å². The van der Waals surface area contributed by atoms with Gasteiger partial charge in [0.05, 0.1) is 22.9 Å². The number of rotatable bonds is 6. The zero-order valence-corrected chi connectivity index (χ0v) is 18.9. The van der Waals surface area contributed by atoms with Crippen molar-refractivity contribution in [2.75, 3.05) is 25.1 Å². The third-order valence-corrected chi connectivity index (χ3v) is 8.83. The Bertz CT molecular complexity index is 1100. The summed E-state index contributed by atoms with van der Waals surface area (Å²) in [6, 6.07) is 15.2. The molecule has 1 aliphatic rings. The first-order valence-corrected chi connectivity index (χ1v) is 12.5. The summed E-state index contributed by atoms with van der Waals surface area (Å²) in [5, 5.41) is 2.72. The Labute approximate surface area is 182 Å². The van der Waals surface area contributed by atoms with Gasteiger partial charge in [0.2, 0.25) is 0 Å². The maximum Gasteiger partial charge on any atom is 0.185 e. The van der Waals surface area contributed by atoms with E-state index in [9.17, 15) is 8.42 Å². The van der Waals surface area contributed by atoms with Crippen molar-refractivity contribution in [2.24, 2.45) is 0 Å². The summed E-state index contributed by atoms with van der Waals surface area (Å²) in [6.07, 6.45) is 1.97. The molecule has 0 saturated carbocycles. The Kier molecular flexibility index (Phi) is 6.11. The molecule has 5 nitrogen and oxygen atoms in total. The van der Waals surface area contributed by atoms with Gasteiger partial charge >= 0.3 is 0 Å². The third-order valence-electron chi connectivity index (χ3n) is 5.60. The number of sulfone groups is 1. The number of hydrogen-bond donors (Lipinski definition) is 0. The number of para-hydroxylation sites is 1. The molecule has 1 aliphatic heterocycles. The van der Waals surface area contributed by atoms with E-state index in [-0.39, 0.29) is 5.25 Å². The van der Waals surface area contributed by atoms with Crippen molar-refractivity contribution in [1.29, 1.82) is 0 Å². The van der Waals surface area contributed by atoms with Crippen LogP contribution >= 0.6 is 11.3 Å². The van der Waals surface area contributed by atoms with Crippen molar-refractivity contribution in [2.45, 2.75) is 36.3 Å². The molecule has 1 fully saturated rings. The van der Waals surface area contributed by atoms with Gasteiger partial charge in [-0.05, 0) is 38.0 Å². The average molecular weight is 443 g/mol. The molecule has 158 valence electrons. The minimum absolute atomic E-state index is 0.329. The lowest BCUT2D eigenvalue weighted by Gasteiger charge is -2.31. The van der Waals surface area contributed by atoms with E-state index in [0.717, 1.165) is 34.1 Å². The van der Waals surface area contributed by atoms with E-state index in [4.69, 9.17) is 9.72 Å². The second-order valence-electron chi connectivity index (χ2n) is 7.65. The quantitative estimate of drug-likeness (QED) is 0.563. The van der Waals surface area contributed by atoms with E-state index in [1.54, 1.807) is 30.6 Å². The second-order valence-corrected chi connectivity index (χ2v) is 10.7. The highest BCUT2D eigenvalue weighted by Crippen LogP contribution is 2.30. The lowest BCUT2D eigenvalue weighted by molar-refractivity contribution is 0.410. The van der Waals surface area contributed by atoms with Crippen molar-refractivity contribution < 1.29 is 13.2 Å². The fourth-order valence-electron chi connectivity index (χ4n) is 3.84. The molecule has 0 aliphatic carbocycles. The largest absolute Gasteiger partial charge is 0.496 e. The highest BCUT2D eigenvalue weighted by molar-refractivity contribution is 7.92. The summed E-state index contributed by atoms with van der Waals surface area (Å²) in [7, 11) is -1.60. The number of anilines is 1. The van der Waals surface area contributed by atoms with Crippen molar-refractivity contribution in [3.63, 3.8) is 0 Å². The standard InChI is InChI=1S/C23H26N2O3S2/c1-17-7-9-20(10-8-17)30(26,27)21-11-13-25(14-12-21)23-24-19(16-29-23)15-18-5-3-4-6-22(18)28-2/h3-10,16,21H,11-15H2,1-2H3. The van der Waals surface area contributed by atoms with Gasteiger partial charge in [0.15, 0.2) is 15.0 Å². The van der Waals surface area contributed by atoms with Crippen LogP contribution in [-0.2, 0) is 16.3 Å². The summed E-state index contributed by atoms with van der Waals surface area (Å²) in [6.45, 7) is 3.37. The van der Waals surface area contributed by atoms with Crippen molar-refractivity contribution in [3.05, 3.63) is 70.7 Å². The molecule has 1 saturated heterocycles. The molecular formula is C23H26N2O3S2. The molecule has 7 heteroatoms. The lowest BCUT2D eigenvalue weighted by Crippen LogP contribution is -2.39. The summed E-state index contributed by atoms with van der Waals surface area (Å²) < 4.78 is 31.4. The fourth-order valence-corrected chi connectivity index (χ4v) is 6.46. The van der Waals surface area contributed by atoms with Gasteiger partial charge in [0.1, 0.15) is 5.75 Å². The van der Waals surface area contributed by atoms with Gasteiger partial charge in [0, 0.05) is 30.5 Å². The number of nitrogens with zero attached hydrogens (tertiary/aromatic N) is 2. The molecule has 0 radical (unpaired) electrons. The maximum absolute atomic E-state index is 13.0. The van der Waals surface area contributed by atoms with Crippen LogP contribution in [0.15, 0.2) is 58.8 Å². The first-order valence-electron chi connectivity index (χ1n) is 10.1. The first-order chi connectivity index (χ1) is 14.5. The summed E-state index contributed by atoms with van der Waals surface area (Å²) in [5.41, 5.74) is 3.19. The zero-order chi connectivity index (χ0) is 21.1. The predicted octanol–water partition coefficient (Wildman–Crippen LogP) is 4.49. The number of benzene rings is 2. The van der Waals surface area contributed by atoms with Gasteiger partial charge in [-0.2, -0.15) is 0 Å². The normalized spacial score (nSPS) is 15.3. The van der Waals surface area contributed by atoms with Gasteiger partial charge in [-0.3, -0.25) is 0 Å². The van der Waals surface area contributed by atoms with Crippen LogP contribution in [0.25, 0.3) is 0 Å². The van der Waals surface area contributed by atoms with Crippen molar-refractivity contribution in [1.82, 2.24) is 4.98 Å². The number of aromatic nitrogens is 1. The molecule has 0 spiro atoms. The van der Waals surface area contributed by atoms with E-state index < -0.39 is 9.84 Å². The van der Waals surface area contributed by atoms with Crippen LogP contribution in [0.4, 0.5) is 5.13 Å². The van der Waals surface area contributed by atoms with Gasteiger partial charge in [0.25, 0.3) is 0 Å². The van der Waals surface area contributed by atoms with Crippen LogP contribution in [0.1, 0.15) is 29.7 Å². The molecule has 4 rings (SSSR count). The highest BCUT2D eigenvalue weighted by Gasteiger charge is 2.32. The Balaban J connectivity index is 1.40. The number of aryl methyl sites for hydroxylation is 1. The van der Waals surface area contributed by atoms with E-state index in [1.165, 1.54) is 0 Å². The second kappa shape index (κ2) is 8.78. The molecule has 0 unspecified atom stereocenters. The van der Waals surface area contributed by atoms with Crippen LogP contribution in [0.3, 0.4) is 0 Å². The number of hydrogen-bond acceptors (Lipinski definition) is 6. The summed E-state index contributed by atoms with van der Waals surface area (Å²) in [4.78, 5) is 7.44. The third kappa shape index (κ3) is 4.37. The maximum atomic E-state index is 13.0. The topological polar surface area (TPSA) is 59.5 Å². The van der Waals surface area contributed by atoms with Crippen LogP contribution < -0.4 is 9.64 Å². The molecule has 2 aromatic carbocycles. The minimum Gasteiger partial charge on any atom is -0.496 e. The van der Waals surface area contributed by atoms with E-state index >= 15 is 0 Å². The molecule has 1 aromatic heterocycles. The Morgan fingerprint density at radius 2 is 1.80 bits per heavy atom. The summed E-state index contributed by atoms with van der Waals surface area (Å²) in [5.74, 6) is 0.870.